The van der Waals surface area contributed by atoms with Crippen LogP contribution in [0.1, 0.15) is 5.56 Å². The van der Waals surface area contributed by atoms with Gasteiger partial charge in [0.15, 0.2) is 0 Å². The van der Waals surface area contributed by atoms with Gasteiger partial charge < -0.3 is 10.6 Å². The second-order valence-electron chi connectivity index (χ2n) is 6.16. The van der Waals surface area contributed by atoms with Gasteiger partial charge in [-0.1, -0.05) is 35.9 Å². The lowest BCUT2D eigenvalue weighted by molar-refractivity contribution is 0.262. The molecule has 0 aliphatic heterocycles. The highest BCUT2D eigenvalue weighted by molar-refractivity contribution is 7.92. The second-order valence-corrected chi connectivity index (χ2v) is 8.25. The number of aryl methyl sites for hydroxylation is 1. The Morgan fingerprint density at radius 3 is 2.31 bits per heavy atom. The van der Waals surface area contributed by atoms with Gasteiger partial charge in [-0.05, 0) is 55.0 Å². The summed E-state index contributed by atoms with van der Waals surface area (Å²) in [6.07, 6.45) is 0. The summed E-state index contributed by atoms with van der Waals surface area (Å²) >= 11 is 5.68. The standard InChI is InChI=1S/C20H17ClFN3O3S/c1-13-7-8-15(24-20(26)23-14-5-3-2-4-6-14)11-19(13)25-29(27,28)16-9-10-18(22)17(21)12-16/h2-12,25H,1H3,(H2,23,24,26). The van der Waals surface area contributed by atoms with E-state index in [0.717, 1.165) is 18.2 Å². The van der Waals surface area contributed by atoms with Crippen molar-refractivity contribution in [1.29, 1.82) is 0 Å². The number of rotatable bonds is 5. The molecule has 0 fully saturated rings. The van der Waals surface area contributed by atoms with Gasteiger partial charge in [0.05, 0.1) is 15.6 Å². The predicted octanol–water partition coefficient (Wildman–Crippen LogP) is 5.23. The molecule has 3 aromatic carbocycles. The number of sulfonamides is 1. The highest BCUT2D eigenvalue weighted by Gasteiger charge is 2.17. The van der Waals surface area contributed by atoms with Crippen molar-refractivity contribution >= 4 is 44.7 Å². The predicted molar refractivity (Wildman–Crippen MR) is 112 cm³/mol. The monoisotopic (exact) mass is 433 g/mol. The lowest BCUT2D eigenvalue weighted by Crippen LogP contribution is -2.20. The zero-order chi connectivity index (χ0) is 21.0. The molecule has 2 amide bonds. The molecule has 0 unspecified atom stereocenters. The number of hydrogen-bond acceptors (Lipinski definition) is 3. The third kappa shape index (κ3) is 5.24. The molecule has 0 bridgehead atoms. The molecule has 3 N–H and O–H groups in total. The fourth-order valence-electron chi connectivity index (χ4n) is 2.47. The average molecular weight is 434 g/mol. The Kier molecular flexibility index (Phi) is 6.05. The van der Waals surface area contributed by atoms with E-state index in [1.165, 1.54) is 6.07 Å². The van der Waals surface area contributed by atoms with Crippen LogP contribution in [0, 0.1) is 12.7 Å². The molecule has 0 radical (unpaired) electrons. The summed E-state index contributed by atoms with van der Waals surface area (Å²) in [6.45, 7) is 1.71. The number of nitrogens with one attached hydrogen (secondary N) is 3. The zero-order valence-corrected chi connectivity index (χ0v) is 16.8. The summed E-state index contributed by atoms with van der Waals surface area (Å²) < 4.78 is 40.9. The van der Waals surface area contributed by atoms with E-state index in [0.29, 0.717) is 16.9 Å². The van der Waals surface area contributed by atoms with Crippen molar-refractivity contribution in [2.24, 2.45) is 0 Å². The van der Waals surface area contributed by atoms with Crippen molar-refractivity contribution in [3.63, 3.8) is 0 Å². The van der Waals surface area contributed by atoms with Crippen LogP contribution in [0.4, 0.5) is 26.2 Å². The van der Waals surface area contributed by atoms with Crippen LogP contribution in [0.5, 0.6) is 0 Å². The molecule has 9 heteroatoms. The topological polar surface area (TPSA) is 87.3 Å². The van der Waals surface area contributed by atoms with Crippen molar-refractivity contribution in [2.45, 2.75) is 11.8 Å². The van der Waals surface area contributed by atoms with Crippen LogP contribution in [0.15, 0.2) is 71.6 Å². The van der Waals surface area contributed by atoms with E-state index in [9.17, 15) is 17.6 Å². The number of carbonyl (C=O) groups excluding carboxylic acids is 1. The van der Waals surface area contributed by atoms with Crippen LogP contribution >= 0.6 is 11.6 Å². The van der Waals surface area contributed by atoms with E-state index in [1.807, 2.05) is 6.07 Å². The first kappa shape index (κ1) is 20.6. The van der Waals surface area contributed by atoms with Gasteiger partial charge >= 0.3 is 6.03 Å². The van der Waals surface area contributed by atoms with Crippen molar-refractivity contribution in [3.05, 3.63) is 83.1 Å². The highest BCUT2D eigenvalue weighted by Crippen LogP contribution is 2.25. The molecule has 6 nitrogen and oxygen atoms in total. The summed E-state index contributed by atoms with van der Waals surface area (Å²) in [7, 11) is -4.00. The van der Waals surface area contributed by atoms with E-state index in [1.54, 1.807) is 43.3 Å². The summed E-state index contributed by atoms with van der Waals surface area (Å²) in [5.41, 5.74) is 1.91. The van der Waals surface area contributed by atoms with Gasteiger partial charge in [0.25, 0.3) is 10.0 Å². The van der Waals surface area contributed by atoms with Gasteiger partial charge in [0.1, 0.15) is 5.82 Å². The molecule has 29 heavy (non-hydrogen) atoms. The summed E-state index contributed by atoms with van der Waals surface area (Å²) in [4.78, 5) is 12.0. The lowest BCUT2D eigenvalue weighted by Gasteiger charge is -2.13. The number of halogens is 2. The number of hydrogen-bond donors (Lipinski definition) is 3. The van der Waals surface area contributed by atoms with Crippen LogP contribution in [0.25, 0.3) is 0 Å². The van der Waals surface area contributed by atoms with Gasteiger partial charge in [-0.15, -0.1) is 0 Å². The first-order valence-corrected chi connectivity index (χ1v) is 10.3. The molecule has 3 rings (SSSR count). The first-order valence-electron chi connectivity index (χ1n) is 8.46. The largest absolute Gasteiger partial charge is 0.323 e. The Morgan fingerprint density at radius 1 is 0.931 bits per heavy atom. The first-order chi connectivity index (χ1) is 13.7. The lowest BCUT2D eigenvalue weighted by atomic mass is 10.2. The third-order valence-electron chi connectivity index (χ3n) is 3.97. The molecule has 3 aromatic rings. The van der Waals surface area contributed by atoms with Gasteiger partial charge in [-0.25, -0.2) is 17.6 Å². The Morgan fingerprint density at radius 2 is 1.62 bits per heavy atom. The number of para-hydroxylation sites is 1. The molecular weight excluding hydrogens is 417 g/mol. The Labute approximate surface area is 172 Å². The molecule has 0 aliphatic carbocycles. The van der Waals surface area contributed by atoms with E-state index in [4.69, 9.17) is 11.6 Å². The number of carbonyl (C=O) groups is 1. The van der Waals surface area contributed by atoms with Gasteiger partial charge in [0.2, 0.25) is 0 Å². The van der Waals surface area contributed by atoms with E-state index in [-0.39, 0.29) is 15.6 Å². The minimum atomic E-state index is -4.00. The Balaban J connectivity index is 1.78. The average Bonchev–Trinajstić information content (AvgIpc) is 2.67. The quantitative estimate of drug-likeness (QED) is 0.514. The maximum atomic E-state index is 13.3. The fourth-order valence-corrected chi connectivity index (χ4v) is 3.87. The molecule has 0 spiro atoms. The maximum absolute atomic E-state index is 13.3. The molecule has 0 saturated heterocycles. The van der Waals surface area contributed by atoms with Gasteiger partial charge in [-0.2, -0.15) is 0 Å². The zero-order valence-electron chi connectivity index (χ0n) is 15.2. The van der Waals surface area contributed by atoms with Crippen molar-refractivity contribution in [3.8, 4) is 0 Å². The Bertz CT molecular complexity index is 1150. The van der Waals surface area contributed by atoms with Crippen molar-refractivity contribution in [1.82, 2.24) is 0 Å². The van der Waals surface area contributed by atoms with Gasteiger partial charge in [-0.3, -0.25) is 4.72 Å². The maximum Gasteiger partial charge on any atom is 0.323 e. The van der Waals surface area contributed by atoms with E-state index in [2.05, 4.69) is 15.4 Å². The highest BCUT2D eigenvalue weighted by atomic mass is 35.5. The van der Waals surface area contributed by atoms with Crippen LogP contribution in [0.3, 0.4) is 0 Å². The Hall–Kier alpha value is -3.10. The SMILES string of the molecule is Cc1ccc(NC(=O)Nc2ccccc2)cc1NS(=O)(=O)c1ccc(F)c(Cl)c1. The summed E-state index contributed by atoms with van der Waals surface area (Å²) in [5, 5.41) is 5.02. The van der Waals surface area contributed by atoms with Crippen LogP contribution < -0.4 is 15.4 Å². The number of benzene rings is 3. The van der Waals surface area contributed by atoms with Crippen molar-refractivity contribution < 1.29 is 17.6 Å². The van der Waals surface area contributed by atoms with Crippen molar-refractivity contribution in [2.75, 3.05) is 15.4 Å². The minimum Gasteiger partial charge on any atom is -0.308 e. The molecule has 0 atom stereocenters. The minimum absolute atomic E-state index is 0.177. The molecule has 0 aliphatic rings. The number of anilines is 3. The fraction of sp³-hybridized carbons (Fsp3) is 0.0500. The molecule has 0 saturated carbocycles. The molecule has 0 aromatic heterocycles. The smallest absolute Gasteiger partial charge is 0.308 e. The summed E-state index contributed by atoms with van der Waals surface area (Å²) in [5.74, 6) is -0.711. The van der Waals surface area contributed by atoms with E-state index < -0.39 is 21.9 Å². The molecule has 0 heterocycles. The van der Waals surface area contributed by atoms with Crippen LogP contribution in [0.2, 0.25) is 5.02 Å². The second kappa shape index (κ2) is 8.50. The summed E-state index contributed by atoms with van der Waals surface area (Å²) in [6, 6.07) is 16.3. The van der Waals surface area contributed by atoms with Gasteiger partial charge in [0, 0.05) is 11.4 Å². The molecule has 150 valence electrons. The normalized spacial score (nSPS) is 11.0. The van der Waals surface area contributed by atoms with E-state index >= 15 is 0 Å². The number of urea groups is 1. The number of amides is 2. The molecular formula is C20H17ClFN3O3S. The van der Waals surface area contributed by atoms with Crippen LogP contribution in [-0.4, -0.2) is 14.4 Å². The van der Waals surface area contributed by atoms with Crippen LogP contribution in [-0.2, 0) is 10.0 Å². The third-order valence-corrected chi connectivity index (χ3v) is 5.63.